The predicted molar refractivity (Wildman–Crippen MR) is 78.0 cm³/mol. The van der Waals surface area contributed by atoms with Crippen LogP contribution in [-0.4, -0.2) is 11.0 Å². The molecule has 1 heterocycles. The largest absolute Gasteiger partial charge is 0.310 e. The summed E-state index contributed by atoms with van der Waals surface area (Å²) in [5.41, 5.74) is 3.79. The zero-order valence-electron chi connectivity index (χ0n) is 11.6. The van der Waals surface area contributed by atoms with Gasteiger partial charge in [-0.05, 0) is 60.6 Å². The molecule has 0 amide bonds. The second-order valence-electron chi connectivity index (χ2n) is 5.60. The summed E-state index contributed by atoms with van der Waals surface area (Å²) < 4.78 is 12.9. The number of nitrogens with zero attached hydrogens (tertiary/aromatic N) is 1. The highest BCUT2D eigenvalue weighted by Crippen LogP contribution is 2.36. The standard InChI is InChI=1S/C17H19FN2/c1-12-6-7-19-10-15(12)11-20-17-8-14(9-17)13-2-4-16(18)5-3-13/h2-7,10,14,17,20H,8-9,11H2,1H3. The molecule has 1 saturated carbocycles. The second-order valence-corrected chi connectivity index (χ2v) is 5.60. The van der Waals surface area contributed by atoms with E-state index in [4.69, 9.17) is 0 Å². The fourth-order valence-electron chi connectivity index (χ4n) is 2.73. The van der Waals surface area contributed by atoms with E-state index in [1.165, 1.54) is 16.7 Å². The minimum absolute atomic E-state index is 0.158. The topological polar surface area (TPSA) is 24.9 Å². The Kier molecular flexibility index (Phi) is 3.79. The van der Waals surface area contributed by atoms with Crippen molar-refractivity contribution in [2.24, 2.45) is 0 Å². The van der Waals surface area contributed by atoms with Crippen LogP contribution in [0.3, 0.4) is 0 Å². The lowest BCUT2D eigenvalue weighted by atomic mass is 9.76. The quantitative estimate of drug-likeness (QED) is 0.918. The van der Waals surface area contributed by atoms with Crippen LogP contribution in [0.25, 0.3) is 0 Å². The summed E-state index contributed by atoms with van der Waals surface area (Å²) in [6.07, 6.45) is 6.01. The maximum atomic E-state index is 12.9. The number of hydrogen-bond acceptors (Lipinski definition) is 2. The van der Waals surface area contributed by atoms with Crippen LogP contribution in [-0.2, 0) is 6.54 Å². The molecule has 1 N–H and O–H groups in total. The van der Waals surface area contributed by atoms with E-state index in [9.17, 15) is 4.39 Å². The highest BCUT2D eigenvalue weighted by Gasteiger charge is 2.29. The Balaban J connectivity index is 1.49. The maximum absolute atomic E-state index is 12.9. The van der Waals surface area contributed by atoms with Gasteiger partial charge in [-0.1, -0.05) is 12.1 Å². The number of benzene rings is 1. The van der Waals surface area contributed by atoms with Crippen LogP contribution >= 0.6 is 0 Å². The monoisotopic (exact) mass is 270 g/mol. The Morgan fingerprint density at radius 2 is 1.95 bits per heavy atom. The average molecular weight is 270 g/mol. The molecule has 0 saturated heterocycles. The first-order chi connectivity index (χ1) is 9.72. The molecule has 0 unspecified atom stereocenters. The average Bonchev–Trinajstić information content (AvgIpc) is 2.41. The molecule has 1 aliphatic rings. The number of halogens is 1. The Bertz CT molecular complexity index is 574. The maximum Gasteiger partial charge on any atom is 0.123 e. The molecule has 0 bridgehead atoms. The number of rotatable bonds is 4. The molecule has 0 radical (unpaired) electrons. The van der Waals surface area contributed by atoms with E-state index in [-0.39, 0.29) is 5.82 Å². The fraction of sp³-hybridized carbons (Fsp3) is 0.353. The van der Waals surface area contributed by atoms with E-state index in [0.29, 0.717) is 12.0 Å². The van der Waals surface area contributed by atoms with Crippen molar-refractivity contribution in [1.29, 1.82) is 0 Å². The van der Waals surface area contributed by atoms with Crippen LogP contribution in [0.1, 0.15) is 35.4 Å². The van der Waals surface area contributed by atoms with Gasteiger partial charge in [0.15, 0.2) is 0 Å². The molecule has 1 aliphatic carbocycles. The summed E-state index contributed by atoms with van der Waals surface area (Å²) in [6.45, 7) is 2.99. The van der Waals surface area contributed by atoms with Crippen molar-refractivity contribution < 1.29 is 4.39 Å². The Morgan fingerprint density at radius 1 is 1.20 bits per heavy atom. The van der Waals surface area contributed by atoms with E-state index in [2.05, 4.69) is 17.2 Å². The lowest BCUT2D eigenvalue weighted by Crippen LogP contribution is -2.39. The normalized spacial score (nSPS) is 21.5. The van der Waals surface area contributed by atoms with Crippen molar-refractivity contribution in [3.05, 3.63) is 65.2 Å². The van der Waals surface area contributed by atoms with Crippen molar-refractivity contribution in [3.63, 3.8) is 0 Å². The van der Waals surface area contributed by atoms with E-state index in [0.717, 1.165) is 19.4 Å². The van der Waals surface area contributed by atoms with Crippen molar-refractivity contribution in [1.82, 2.24) is 10.3 Å². The summed E-state index contributed by atoms with van der Waals surface area (Å²) in [7, 11) is 0. The zero-order valence-corrected chi connectivity index (χ0v) is 11.6. The third kappa shape index (κ3) is 2.88. The van der Waals surface area contributed by atoms with Crippen LogP contribution in [0.4, 0.5) is 4.39 Å². The van der Waals surface area contributed by atoms with Gasteiger partial charge in [-0.15, -0.1) is 0 Å². The summed E-state index contributed by atoms with van der Waals surface area (Å²) in [6, 6.07) is 9.51. The van der Waals surface area contributed by atoms with Crippen LogP contribution in [0, 0.1) is 12.7 Å². The molecule has 0 spiro atoms. The molecule has 1 aromatic carbocycles. The smallest absolute Gasteiger partial charge is 0.123 e. The van der Waals surface area contributed by atoms with Crippen molar-refractivity contribution in [3.8, 4) is 0 Å². The first kappa shape index (κ1) is 13.3. The first-order valence-electron chi connectivity index (χ1n) is 7.10. The number of aryl methyl sites for hydroxylation is 1. The minimum Gasteiger partial charge on any atom is -0.310 e. The number of hydrogen-bond donors (Lipinski definition) is 1. The van der Waals surface area contributed by atoms with Gasteiger partial charge in [-0.2, -0.15) is 0 Å². The third-order valence-corrected chi connectivity index (χ3v) is 4.21. The van der Waals surface area contributed by atoms with Gasteiger partial charge in [0.05, 0.1) is 0 Å². The van der Waals surface area contributed by atoms with Crippen molar-refractivity contribution in [2.45, 2.75) is 38.3 Å². The van der Waals surface area contributed by atoms with Gasteiger partial charge in [-0.25, -0.2) is 4.39 Å². The van der Waals surface area contributed by atoms with Gasteiger partial charge in [0.25, 0.3) is 0 Å². The van der Waals surface area contributed by atoms with Gasteiger partial charge in [0, 0.05) is 25.0 Å². The second kappa shape index (κ2) is 5.71. The third-order valence-electron chi connectivity index (χ3n) is 4.21. The van der Waals surface area contributed by atoms with E-state index >= 15 is 0 Å². The molecule has 3 heteroatoms. The molecule has 1 aromatic heterocycles. The molecular weight excluding hydrogens is 251 g/mol. The van der Waals surface area contributed by atoms with E-state index < -0.39 is 0 Å². The van der Waals surface area contributed by atoms with Gasteiger partial charge < -0.3 is 5.32 Å². The molecule has 2 aromatic rings. The Morgan fingerprint density at radius 3 is 2.65 bits per heavy atom. The van der Waals surface area contributed by atoms with Crippen molar-refractivity contribution in [2.75, 3.05) is 0 Å². The summed E-state index contributed by atoms with van der Waals surface area (Å²) >= 11 is 0. The van der Waals surface area contributed by atoms with Gasteiger partial charge in [-0.3, -0.25) is 4.98 Å². The molecule has 2 nitrogen and oxygen atoms in total. The molecule has 0 aliphatic heterocycles. The van der Waals surface area contributed by atoms with Crippen LogP contribution in [0.2, 0.25) is 0 Å². The predicted octanol–water partition coefficient (Wildman–Crippen LogP) is 3.56. The Labute approximate surface area is 119 Å². The zero-order chi connectivity index (χ0) is 13.9. The summed E-state index contributed by atoms with van der Waals surface area (Å²) in [5, 5.41) is 3.57. The fourth-order valence-corrected chi connectivity index (χ4v) is 2.73. The molecule has 0 atom stereocenters. The lowest BCUT2D eigenvalue weighted by molar-refractivity contribution is 0.289. The highest BCUT2D eigenvalue weighted by molar-refractivity contribution is 5.24. The van der Waals surface area contributed by atoms with Gasteiger partial charge >= 0.3 is 0 Å². The summed E-state index contributed by atoms with van der Waals surface area (Å²) in [5.74, 6) is 0.415. The molecule has 3 rings (SSSR count). The first-order valence-corrected chi connectivity index (χ1v) is 7.10. The SMILES string of the molecule is Cc1ccncc1CNC1CC(c2ccc(F)cc2)C1. The van der Waals surface area contributed by atoms with Crippen molar-refractivity contribution >= 4 is 0 Å². The van der Waals surface area contributed by atoms with Crippen LogP contribution < -0.4 is 5.32 Å². The van der Waals surface area contributed by atoms with E-state index in [1.807, 2.05) is 30.6 Å². The molecular formula is C17H19FN2. The highest BCUT2D eigenvalue weighted by atomic mass is 19.1. The number of pyridine rings is 1. The Hall–Kier alpha value is -1.74. The molecule has 104 valence electrons. The molecule has 20 heavy (non-hydrogen) atoms. The van der Waals surface area contributed by atoms with Gasteiger partial charge in [0.2, 0.25) is 0 Å². The van der Waals surface area contributed by atoms with Crippen LogP contribution in [0.5, 0.6) is 0 Å². The molecule has 1 fully saturated rings. The summed E-state index contributed by atoms with van der Waals surface area (Å²) in [4.78, 5) is 4.16. The van der Waals surface area contributed by atoms with E-state index in [1.54, 1.807) is 12.1 Å². The lowest BCUT2D eigenvalue weighted by Gasteiger charge is -2.36. The van der Waals surface area contributed by atoms with Gasteiger partial charge in [0.1, 0.15) is 5.82 Å². The van der Waals surface area contributed by atoms with Crippen LogP contribution in [0.15, 0.2) is 42.7 Å². The minimum atomic E-state index is -0.158. The number of aromatic nitrogens is 1. The number of nitrogens with one attached hydrogen (secondary N) is 1.